The summed E-state index contributed by atoms with van der Waals surface area (Å²) in [7, 11) is 1.56. The van der Waals surface area contributed by atoms with Gasteiger partial charge in [0.1, 0.15) is 5.75 Å². The van der Waals surface area contributed by atoms with Crippen molar-refractivity contribution in [1.29, 1.82) is 0 Å². The van der Waals surface area contributed by atoms with E-state index >= 15 is 0 Å². The third-order valence-electron chi connectivity index (χ3n) is 3.17. The van der Waals surface area contributed by atoms with Gasteiger partial charge in [0, 0.05) is 4.90 Å². The zero-order valence-electron chi connectivity index (χ0n) is 12.6. The number of nitrogens with zero attached hydrogens (tertiary/aromatic N) is 1. The molecule has 5 nitrogen and oxygen atoms in total. The number of benzene rings is 2. The Bertz CT molecular complexity index is 848. The Morgan fingerprint density at radius 1 is 1.22 bits per heavy atom. The molecule has 3 aromatic rings. The zero-order chi connectivity index (χ0) is 16.2. The summed E-state index contributed by atoms with van der Waals surface area (Å²) < 4.78 is 6.26. The fourth-order valence-corrected chi connectivity index (χ4v) is 3.50. The van der Waals surface area contributed by atoms with Gasteiger partial charge in [-0.25, -0.2) is 9.78 Å². The molecule has 0 radical (unpaired) electrons. The number of amides is 2. The number of carbonyl (C=O) groups excluding carboxylic acids is 1. The summed E-state index contributed by atoms with van der Waals surface area (Å²) in [5.74, 6) is 0.608. The highest BCUT2D eigenvalue weighted by Gasteiger charge is 2.10. The minimum Gasteiger partial charge on any atom is -0.495 e. The maximum Gasteiger partial charge on any atom is 0.325 e. The van der Waals surface area contributed by atoms with E-state index < -0.39 is 0 Å². The van der Waals surface area contributed by atoms with Crippen molar-refractivity contribution in [3.63, 3.8) is 0 Å². The van der Waals surface area contributed by atoms with Crippen LogP contribution in [0.15, 0.2) is 47.4 Å². The molecule has 2 N–H and O–H groups in total. The van der Waals surface area contributed by atoms with Gasteiger partial charge in [-0.15, -0.1) is 11.8 Å². The second-order valence-corrected chi connectivity index (χ2v) is 6.54. The number of thiazole rings is 1. The van der Waals surface area contributed by atoms with Gasteiger partial charge in [-0.2, -0.15) is 0 Å². The van der Waals surface area contributed by atoms with E-state index in [0.717, 1.165) is 10.2 Å². The third kappa shape index (κ3) is 3.57. The maximum atomic E-state index is 12.1. The average molecular weight is 345 g/mol. The number of nitrogens with one attached hydrogen (secondary N) is 2. The monoisotopic (exact) mass is 345 g/mol. The first-order chi connectivity index (χ1) is 11.2. The largest absolute Gasteiger partial charge is 0.495 e. The fraction of sp³-hybridized carbons (Fsp3) is 0.125. The number of hydrogen-bond acceptors (Lipinski definition) is 5. The van der Waals surface area contributed by atoms with Crippen LogP contribution in [-0.4, -0.2) is 24.4 Å². The molecule has 0 atom stereocenters. The van der Waals surface area contributed by atoms with E-state index in [-0.39, 0.29) is 6.03 Å². The molecule has 0 spiro atoms. The number of methoxy groups -OCH3 is 1. The lowest BCUT2D eigenvalue weighted by molar-refractivity contribution is 0.262. The van der Waals surface area contributed by atoms with Crippen LogP contribution in [-0.2, 0) is 0 Å². The summed E-state index contributed by atoms with van der Waals surface area (Å²) in [6.45, 7) is 0. The second-order valence-electron chi connectivity index (χ2n) is 4.63. The van der Waals surface area contributed by atoms with Gasteiger partial charge in [-0.3, -0.25) is 5.32 Å². The maximum absolute atomic E-state index is 12.1. The molecule has 23 heavy (non-hydrogen) atoms. The molecule has 0 saturated carbocycles. The van der Waals surface area contributed by atoms with Crippen molar-refractivity contribution < 1.29 is 9.53 Å². The molecule has 0 bridgehead atoms. The number of urea groups is 1. The van der Waals surface area contributed by atoms with E-state index in [4.69, 9.17) is 4.74 Å². The second kappa shape index (κ2) is 6.89. The molecule has 1 heterocycles. The lowest BCUT2D eigenvalue weighted by Gasteiger charge is -2.09. The molecule has 118 valence electrons. The highest BCUT2D eigenvalue weighted by molar-refractivity contribution is 7.98. The molecule has 0 aliphatic carbocycles. The number of rotatable bonds is 4. The average Bonchev–Trinajstić information content (AvgIpc) is 2.96. The Morgan fingerprint density at radius 2 is 2.04 bits per heavy atom. The highest BCUT2D eigenvalue weighted by Crippen LogP contribution is 2.30. The van der Waals surface area contributed by atoms with Crippen LogP contribution >= 0.6 is 23.1 Å². The van der Waals surface area contributed by atoms with Gasteiger partial charge in [0.2, 0.25) is 0 Å². The molecule has 0 saturated heterocycles. The number of fused-ring (bicyclic) bond motifs is 1. The molecule has 0 aliphatic rings. The van der Waals surface area contributed by atoms with E-state index in [9.17, 15) is 4.79 Å². The van der Waals surface area contributed by atoms with Crippen molar-refractivity contribution in [2.24, 2.45) is 0 Å². The minimum atomic E-state index is -0.348. The lowest BCUT2D eigenvalue weighted by Crippen LogP contribution is -2.19. The summed E-state index contributed by atoms with van der Waals surface area (Å²) >= 11 is 3.13. The standard InChI is InChI=1S/C16H15N3O2S2/c1-21-13-6-4-3-5-11(13)17-15(20)19-16-18-12-8-7-10(22-2)9-14(12)23-16/h3-9H,1-2H3,(H2,17,18,19,20). The van der Waals surface area contributed by atoms with Gasteiger partial charge in [0.05, 0.1) is 23.0 Å². The van der Waals surface area contributed by atoms with Crippen LogP contribution in [0.2, 0.25) is 0 Å². The predicted octanol–water partition coefficient (Wildman–Crippen LogP) is 4.67. The Kier molecular flexibility index (Phi) is 4.68. The number of ether oxygens (including phenoxy) is 1. The van der Waals surface area contributed by atoms with Gasteiger partial charge in [0.25, 0.3) is 0 Å². The first kappa shape index (κ1) is 15.6. The molecular weight excluding hydrogens is 330 g/mol. The van der Waals surface area contributed by atoms with Crippen LogP contribution in [0.4, 0.5) is 15.6 Å². The molecular formula is C16H15N3O2S2. The number of thioether (sulfide) groups is 1. The van der Waals surface area contributed by atoms with Gasteiger partial charge in [0.15, 0.2) is 5.13 Å². The van der Waals surface area contributed by atoms with E-state index in [1.807, 2.05) is 30.5 Å². The molecule has 0 aliphatic heterocycles. The number of anilines is 2. The van der Waals surface area contributed by atoms with Crippen LogP contribution < -0.4 is 15.4 Å². The molecule has 7 heteroatoms. The number of para-hydroxylation sites is 2. The molecule has 0 unspecified atom stereocenters. The molecule has 2 aromatic carbocycles. The summed E-state index contributed by atoms with van der Waals surface area (Å²) in [4.78, 5) is 17.7. The zero-order valence-corrected chi connectivity index (χ0v) is 14.3. The smallest absolute Gasteiger partial charge is 0.325 e. The Labute approximate surface area is 142 Å². The van der Waals surface area contributed by atoms with Crippen molar-refractivity contribution in [1.82, 2.24) is 4.98 Å². The van der Waals surface area contributed by atoms with Crippen LogP contribution in [0.3, 0.4) is 0 Å². The van der Waals surface area contributed by atoms with E-state index in [1.165, 1.54) is 16.2 Å². The predicted molar refractivity (Wildman–Crippen MR) is 97.0 cm³/mol. The molecule has 0 fully saturated rings. The van der Waals surface area contributed by atoms with Crippen LogP contribution in [0.1, 0.15) is 0 Å². The minimum absolute atomic E-state index is 0.348. The van der Waals surface area contributed by atoms with E-state index in [1.54, 1.807) is 31.0 Å². The van der Waals surface area contributed by atoms with Gasteiger partial charge < -0.3 is 10.1 Å². The van der Waals surface area contributed by atoms with Gasteiger partial charge in [-0.1, -0.05) is 23.5 Å². The highest BCUT2D eigenvalue weighted by atomic mass is 32.2. The Hall–Kier alpha value is -2.25. The van der Waals surface area contributed by atoms with E-state index in [0.29, 0.717) is 16.6 Å². The number of hydrogen-bond donors (Lipinski definition) is 2. The van der Waals surface area contributed by atoms with Crippen molar-refractivity contribution in [2.45, 2.75) is 4.90 Å². The Morgan fingerprint density at radius 3 is 2.83 bits per heavy atom. The number of carbonyl (C=O) groups is 1. The van der Waals surface area contributed by atoms with Crippen molar-refractivity contribution in [3.05, 3.63) is 42.5 Å². The van der Waals surface area contributed by atoms with Crippen LogP contribution in [0, 0.1) is 0 Å². The first-order valence-corrected chi connectivity index (χ1v) is 8.89. The quantitative estimate of drug-likeness (QED) is 0.675. The van der Waals surface area contributed by atoms with Gasteiger partial charge >= 0.3 is 6.03 Å². The normalized spacial score (nSPS) is 10.5. The number of aromatic nitrogens is 1. The first-order valence-electron chi connectivity index (χ1n) is 6.85. The topological polar surface area (TPSA) is 63.2 Å². The molecule has 3 rings (SSSR count). The van der Waals surface area contributed by atoms with Crippen LogP contribution in [0.5, 0.6) is 5.75 Å². The summed E-state index contributed by atoms with van der Waals surface area (Å²) in [6, 6.07) is 12.9. The SMILES string of the molecule is COc1ccccc1NC(=O)Nc1nc2ccc(SC)cc2s1. The van der Waals surface area contributed by atoms with Crippen LogP contribution in [0.25, 0.3) is 10.2 Å². The molecule has 1 aromatic heterocycles. The van der Waals surface area contributed by atoms with Crippen molar-refractivity contribution >= 4 is 50.2 Å². The van der Waals surface area contributed by atoms with Gasteiger partial charge in [-0.05, 0) is 36.6 Å². The summed E-state index contributed by atoms with van der Waals surface area (Å²) in [5, 5.41) is 6.09. The molecule has 2 amide bonds. The van der Waals surface area contributed by atoms with Crippen molar-refractivity contribution in [2.75, 3.05) is 24.0 Å². The lowest BCUT2D eigenvalue weighted by atomic mass is 10.3. The van der Waals surface area contributed by atoms with Crippen molar-refractivity contribution in [3.8, 4) is 5.75 Å². The van der Waals surface area contributed by atoms with E-state index in [2.05, 4.69) is 21.7 Å². The fourth-order valence-electron chi connectivity index (χ4n) is 2.08. The Balaban J connectivity index is 1.75. The summed E-state index contributed by atoms with van der Waals surface area (Å²) in [5.41, 5.74) is 1.48. The third-order valence-corrected chi connectivity index (χ3v) is 4.83. The summed E-state index contributed by atoms with van der Waals surface area (Å²) in [6.07, 6.45) is 2.03.